The molecule has 2 nitrogen and oxygen atoms in total. The van der Waals surface area contributed by atoms with Crippen LogP contribution in [-0.4, -0.2) is 9.13 Å². The highest BCUT2D eigenvalue weighted by Crippen LogP contribution is 2.40. The lowest BCUT2D eigenvalue weighted by atomic mass is 9.98. The van der Waals surface area contributed by atoms with Crippen LogP contribution in [0, 0.1) is 6.92 Å². The summed E-state index contributed by atoms with van der Waals surface area (Å²) in [7, 11) is 0. The maximum atomic E-state index is 3.60. The minimum absolute atomic E-state index is 1.08. The maximum absolute atomic E-state index is 3.60. The smallest absolute Gasteiger partial charge is 0.0541 e. The SMILES string of the molecule is Cc1ccc(-c2ccc3c(c2)c2cc(-c4ccc5c(c4)c4cc(-c6ccc(Br)cc6)ccc4n5-c4ccccc4)ccc2n3-c2ccccc2)cc1. The van der Waals surface area contributed by atoms with Gasteiger partial charge in [-0.05, 0) is 125 Å². The first kappa shape index (κ1) is 30.6. The Labute approximate surface area is 311 Å². The van der Waals surface area contributed by atoms with Crippen LogP contribution >= 0.6 is 15.9 Å². The Bertz CT molecular complexity index is 2730. The summed E-state index contributed by atoms with van der Waals surface area (Å²) in [6, 6.07) is 66.5. The minimum Gasteiger partial charge on any atom is -0.309 e. The molecule has 0 N–H and O–H groups in total. The van der Waals surface area contributed by atoms with E-state index in [1.807, 2.05) is 0 Å². The quantitative estimate of drug-likeness (QED) is 0.167. The Morgan fingerprint density at radius 1 is 0.327 bits per heavy atom. The molecule has 0 fully saturated rings. The summed E-state index contributed by atoms with van der Waals surface area (Å²) in [5, 5.41) is 4.98. The molecule has 8 aromatic carbocycles. The Kier molecular flexibility index (Phi) is 7.23. The number of benzene rings is 8. The molecule has 10 rings (SSSR count). The van der Waals surface area contributed by atoms with Crippen molar-refractivity contribution in [2.75, 3.05) is 0 Å². The molecule has 52 heavy (non-hydrogen) atoms. The van der Waals surface area contributed by atoms with E-state index in [2.05, 4.69) is 214 Å². The molecule has 0 aliphatic heterocycles. The number of para-hydroxylation sites is 2. The minimum atomic E-state index is 1.08. The molecule has 10 aromatic rings. The molecule has 246 valence electrons. The number of hydrogen-bond acceptors (Lipinski definition) is 0. The Hall–Kier alpha value is -6.16. The van der Waals surface area contributed by atoms with Crippen LogP contribution in [-0.2, 0) is 0 Å². The first-order chi connectivity index (χ1) is 25.6. The van der Waals surface area contributed by atoms with E-state index in [0.29, 0.717) is 0 Å². The van der Waals surface area contributed by atoms with E-state index in [9.17, 15) is 0 Å². The summed E-state index contributed by atoms with van der Waals surface area (Å²) in [4.78, 5) is 0. The van der Waals surface area contributed by atoms with Gasteiger partial charge in [-0.25, -0.2) is 0 Å². The van der Waals surface area contributed by atoms with Crippen LogP contribution in [0.15, 0.2) is 186 Å². The lowest BCUT2D eigenvalue weighted by Crippen LogP contribution is -1.93. The maximum Gasteiger partial charge on any atom is 0.0541 e. The highest BCUT2D eigenvalue weighted by atomic mass is 79.9. The lowest BCUT2D eigenvalue weighted by molar-refractivity contribution is 1.18. The molecular weight excluding hydrogens is 696 g/mol. The van der Waals surface area contributed by atoms with Gasteiger partial charge in [0.15, 0.2) is 0 Å². The van der Waals surface area contributed by atoms with Crippen LogP contribution in [0.25, 0.3) is 88.4 Å². The first-order valence-electron chi connectivity index (χ1n) is 17.7. The monoisotopic (exact) mass is 728 g/mol. The van der Waals surface area contributed by atoms with Crippen molar-refractivity contribution in [1.82, 2.24) is 9.13 Å². The topological polar surface area (TPSA) is 9.86 Å². The number of aromatic nitrogens is 2. The zero-order valence-electron chi connectivity index (χ0n) is 28.6. The summed E-state index contributed by atoms with van der Waals surface area (Å²) < 4.78 is 5.87. The average Bonchev–Trinajstić information content (AvgIpc) is 3.70. The van der Waals surface area contributed by atoms with Gasteiger partial charge < -0.3 is 9.13 Å². The normalized spacial score (nSPS) is 11.7. The molecule has 0 aliphatic carbocycles. The predicted molar refractivity (Wildman–Crippen MR) is 224 cm³/mol. The van der Waals surface area contributed by atoms with E-state index >= 15 is 0 Å². The number of halogens is 1. The summed E-state index contributed by atoms with van der Waals surface area (Å²) in [5.74, 6) is 0. The van der Waals surface area contributed by atoms with Crippen molar-refractivity contribution in [2.24, 2.45) is 0 Å². The molecule has 0 atom stereocenters. The molecule has 0 bridgehead atoms. The largest absolute Gasteiger partial charge is 0.309 e. The summed E-state index contributed by atoms with van der Waals surface area (Å²) in [6.07, 6.45) is 0. The van der Waals surface area contributed by atoms with Gasteiger partial charge in [0.05, 0.1) is 22.1 Å². The van der Waals surface area contributed by atoms with Crippen LogP contribution in [0.4, 0.5) is 0 Å². The third kappa shape index (κ3) is 5.08. The van der Waals surface area contributed by atoms with Gasteiger partial charge in [-0.2, -0.15) is 0 Å². The Balaban J connectivity index is 1.19. The average molecular weight is 730 g/mol. The van der Waals surface area contributed by atoms with Crippen molar-refractivity contribution in [3.05, 3.63) is 192 Å². The van der Waals surface area contributed by atoms with Crippen molar-refractivity contribution in [3.63, 3.8) is 0 Å². The van der Waals surface area contributed by atoms with Crippen molar-refractivity contribution >= 4 is 59.5 Å². The third-order valence-corrected chi connectivity index (χ3v) is 11.0. The highest BCUT2D eigenvalue weighted by Gasteiger charge is 2.17. The third-order valence-electron chi connectivity index (χ3n) is 10.5. The zero-order chi connectivity index (χ0) is 34.8. The summed E-state index contributed by atoms with van der Waals surface area (Å²) >= 11 is 3.60. The number of aryl methyl sites for hydroxylation is 1. The van der Waals surface area contributed by atoms with Crippen LogP contribution < -0.4 is 0 Å². The fraction of sp³-hybridized carbons (Fsp3) is 0.0204. The Morgan fingerprint density at radius 2 is 0.635 bits per heavy atom. The van der Waals surface area contributed by atoms with E-state index in [-0.39, 0.29) is 0 Å². The number of rotatable bonds is 5. The molecule has 0 saturated carbocycles. The highest BCUT2D eigenvalue weighted by molar-refractivity contribution is 9.10. The van der Waals surface area contributed by atoms with Gasteiger partial charge in [-0.1, -0.05) is 119 Å². The second-order valence-electron chi connectivity index (χ2n) is 13.6. The van der Waals surface area contributed by atoms with Crippen molar-refractivity contribution < 1.29 is 0 Å². The molecule has 0 radical (unpaired) electrons. The van der Waals surface area contributed by atoms with Gasteiger partial charge in [0.1, 0.15) is 0 Å². The number of fused-ring (bicyclic) bond motifs is 6. The molecule has 0 unspecified atom stereocenters. The van der Waals surface area contributed by atoms with E-state index in [1.54, 1.807) is 0 Å². The van der Waals surface area contributed by atoms with E-state index in [1.165, 1.54) is 82.6 Å². The van der Waals surface area contributed by atoms with Gasteiger partial charge >= 0.3 is 0 Å². The second-order valence-corrected chi connectivity index (χ2v) is 14.6. The number of hydrogen-bond donors (Lipinski definition) is 0. The molecule has 2 heterocycles. The van der Waals surface area contributed by atoms with Gasteiger partial charge in [0.25, 0.3) is 0 Å². The van der Waals surface area contributed by atoms with E-state index < -0.39 is 0 Å². The summed E-state index contributed by atoms with van der Waals surface area (Å²) in [5.41, 5.74) is 15.6. The van der Waals surface area contributed by atoms with Crippen LogP contribution in [0.2, 0.25) is 0 Å². The Morgan fingerprint density at radius 3 is 1.00 bits per heavy atom. The van der Waals surface area contributed by atoms with Gasteiger partial charge in [0.2, 0.25) is 0 Å². The van der Waals surface area contributed by atoms with Crippen molar-refractivity contribution in [3.8, 4) is 44.8 Å². The lowest BCUT2D eigenvalue weighted by Gasteiger charge is -2.09. The molecule has 2 aromatic heterocycles. The predicted octanol–water partition coefficient (Wildman–Crippen LogP) is 14.0. The second kappa shape index (κ2) is 12.3. The molecule has 3 heteroatoms. The molecule has 0 spiro atoms. The van der Waals surface area contributed by atoms with Gasteiger partial charge in [-0.3, -0.25) is 0 Å². The van der Waals surface area contributed by atoms with E-state index in [0.717, 1.165) is 15.8 Å². The summed E-state index contributed by atoms with van der Waals surface area (Å²) in [6.45, 7) is 2.14. The fourth-order valence-corrected chi connectivity index (χ4v) is 8.13. The fourth-order valence-electron chi connectivity index (χ4n) is 7.86. The number of nitrogens with zero attached hydrogens (tertiary/aromatic N) is 2. The zero-order valence-corrected chi connectivity index (χ0v) is 30.2. The molecule has 0 aliphatic rings. The molecule has 0 amide bonds. The van der Waals surface area contributed by atoms with Crippen LogP contribution in [0.3, 0.4) is 0 Å². The van der Waals surface area contributed by atoms with Crippen LogP contribution in [0.5, 0.6) is 0 Å². The van der Waals surface area contributed by atoms with Gasteiger partial charge in [0, 0.05) is 37.4 Å². The van der Waals surface area contributed by atoms with Crippen molar-refractivity contribution in [1.29, 1.82) is 0 Å². The first-order valence-corrected chi connectivity index (χ1v) is 18.5. The molecule has 0 saturated heterocycles. The molecular formula is C49H33BrN2. The van der Waals surface area contributed by atoms with Crippen molar-refractivity contribution in [2.45, 2.75) is 6.92 Å². The van der Waals surface area contributed by atoms with E-state index in [4.69, 9.17) is 0 Å². The van der Waals surface area contributed by atoms with Gasteiger partial charge in [-0.15, -0.1) is 0 Å². The standard InChI is InChI=1S/C49H33BrN2/c1-32-12-14-33(15-13-32)35-18-24-46-42(28-35)44-30-37(20-26-48(44)51(46)40-8-4-2-5-9-40)38-21-27-49-45(31-38)43-29-36(34-16-22-39(50)23-17-34)19-25-47(43)52(49)41-10-6-3-7-11-41/h2-31H,1H3. The van der Waals surface area contributed by atoms with Crippen LogP contribution in [0.1, 0.15) is 5.56 Å².